The quantitative estimate of drug-likeness (QED) is 0.739. The number of rotatable bonds is 3. The van der Waals surface area contributed by atoms with Crippen LogP contribution in [-0.2, 0) is 11.0 Å². The van der Waals surface area contributed by atoms with Crippen molar-refractivity contribution in [1.82, 2.24) is 10.4 Å². The largest absolute Gasteiger partial charge is 0.497 e. The summed E-state index contributed by atoms with van der Waals surface area (Å²) in [6, 6.07) is 11.9. The second kappa shape index (κ2) is 8.14. The second-order valence-electron chi connectivity index (χ2n) is 7.55. The summed E-state index contributed by atoms with van der Waals surface area (Å²) in [6.07, 6.45) is -1.34. The number of ether oxygens (including phenoxy) is 1. The number of amides is 2. The number of hydroxylamine groups is 1. The van der Waals surface area contributed by atoms with Crippen molar-refractivity contribution in [3.05, 3.63) is 65.7 Å². The van der Waals surface area contributed by atoms with E-state index in [2.05, 4.69) is 10.8 Å². The molecule has 31 heavy (non-hydrogen) atoms. The average molecular weight is 433 g/mol. The fourth-order valence-electron chi connectivity index (χ4n) is 3.70. The third kappa shape index (κ3) is 4.61. The predicted octanol–water partition coefficient (Wildman–Crippen LogP) is 4.66. The molecule has 1 spiro atoms. The molecule has 0 aromatic heterocycles. The fourth-order valence-corrected chi connectivity index (χ4v) is 3.70. The van der Waals surface area contributed by atoms with Crippen molar-refractivity contribution in [1.29, 1.82) is 0 Å². The SMILES string of the molecule is COc1cccc(NC(=O)N2CCC3(C=C(c4ccc(C(F)(F)F)cc4)NO3)CC2)c1. The van der Waals surface area contributed by atoms with Crippen LogP contribution < -0.4 is 15.5 Å². The molecule has 0 unspecified atom stereocenters. The third-order valence-corrected chi connectivity index (χ3v) is 5.51. The highest BCUT2D eigenvalue weighted by atomic mass is 19.4. The molecular weight excluding hydrogens is 411 g/mol. The summed E-state index contributed by atoms with van der Waals surface area (Å²) in [7, 11) is 1.56. The Morgan fingerprint density at radius 3 is 2.52 bits per heavy atom. The van der Waals surface area contributed by atoms with Crippen LogP contribution in [0.15, 0.2) is 54.6 Å². The van der Waals surface area contributed by atoms with E-state index in [1.165, 1.54) is 12.1 Å². The van der Waals surface area contributed by atoms with Crippen LogP contribution in [0.3, 0.4) is 0 Å². The molecule has 0 aliphatic carbocycles. The van der Waals surface area contributed by atoms with E-state index in [1.54, 1.807) is 36.3 Å². The first-order chi connectivity index (χ1) is 14.8. The fraction of sp³-hybridized carbons (Fsp3) is 0.318. The monoisotopic (exact) mass is 433 g/mol. The number of alkyl halides is 3. The number of methoxy groups -OCH3 is 1. The van der Waals surface area contributed by atoms with Gasteiger partial charge in [0.2, 0.25) is 0 Å². The van der Waals surface area contributed by atoms with Crippen LogP contribution in [0.4, 0.5) is 23.7 Å². The van der Waals surface area contributed by atoms with E-state index < -0.39 is 17.3 Å². The minimum absolute atomic E-state index is 0.207. The Morgan fingerprint density at radius 2 is 1.87 bits per heavy atom. The lowest BCUT2D eigenvalue weighted by atomic mass is 9.90. The van der Waals surface area contributed by atoms with Gasteiger partial charge in [-0.3, -0.25) is 10.3 Å². The summed E-state index contributed by atoms with van der Waals surface area (Å²) in [5, 5.41) is 2.86. The summed E-state index contributed by atoms with van der Waals surface area (Å²) in [5.41, 5.74) is 3.44. The van der Waals surface area contributed by atoms with Gasteiger partial charge >= 0.3 is 12.2 Å². The molecule has 9 heteroatoms. The molecule has 0 radical (unpaired) electrons. The number of likely N-dealkylation sites (tertiary alicyclic amines) is 1. The van der Waals surface area contributed by atoms with E-state index in [1.807, 2.05) is 6.08 Å². The van der Waals surface area contributed by atoms with Crippen LogP contribution in [-0.4, -0.2) is 36.7 Å². The van der Waals surface area contributed by atoms with Gasteiger partial charge in [0.05, 0.1) is 18.4 Å². The smallest absolute Gasteiger partial charge is 0.416 e. The van der Waals surface area contributed by atoms with Crippen molar-refractivity contribution in [3.63, 3.8) is 0 Å². The lowest BCUT2D eigenvalue weighted by Crippen LogP contribution is -2.48. The van der Waals surface area contributed by atoms with E-state index in [4.69, 9.17) is 9.57 Å². The lowest BCUT2D eigenvalue weighted by Gasteiger charge is -2.36. The van der Waals surface area contributed by atoms with E-state index in [9.17, 15) is 18.0 Å². The number of hydrogen-bond acceptors (Lipinski definition) is 4. The molecule has 2 aliphatic heterocycles. The average Bonchev–Trinajstić information content (AvgIpc) is 3.17. The number of nitrogens with zero attached hydrogens (tertiary/aromatic N) is 1. The van der Waals surface area contributed by atoms with Crippen molar-refractivity contribution >= 4 is 17.4 Å². The lowest BCUT2D eigenvalue weighted by molar-refractivity contribution is -0.137. The van der Waals surface area contributed by atoms with Gasteiger partial charge in [-0.25, -0.2) is 4.79 Å². The number of carbonyl (C=O) groups is 1. The van der Waals surface area contributed by atoms with Gasteiger partial charge in [0, 0.05) is 37.7 Å². The maximum absolute atomic E-state index is 12.8. The molecule has 2 aliphatic rings. The predicted molar refractivity (Wildman–Crippen MR) is 109 cm³/mol. The van der Waals surface area contributed by atoms with Gasteiger partial charge in [0.15, 0.2) is 0 Å². The molecule has 2 aromatic rings. The molecule has 1 saturated heterocycles. The summed E-state index contributed by atoms with van der Waals surface area (Å²) >= 11 is 0. The molecule has 2 aromatic carbocycles. The number of hydrogen-bond donors (Lipinski definition) is 2. The molecule has 4 rings (SSSR count). The Hall–Kier alpha value is -3.20. The zero-order chi connectivity index (χ0) is 22.1. The molecular formula is C22H22F3N3O3. The normalized spacial score (nSPS) is 17.8. The third-order valence-electron chi connectivity index (χ3n) is 5.51. The van der Waals surface area contributed by atoms with Gasteiger partial charge in [-0.05, 0) is 35.9 Å². The van der Waals surface area contributed by atoms with Crippen LogP contribution >= 0.6 is 0 Å². The van der Waals surface area contributed by atoms with Gasteiger partial charge in [-0.15, -0.1) is 0 Å². The van der Waals surface area contributed by atoms with Crippen LogP contribution in [0, 0.1) is 0 Å². The van der Waals surface area contributed by atoms with Crippen molar-refractivity contribution < 1.29 is 27.5 Å². The highest BCUT2D eigenvalue weighted by Gasteiger charge is 2.40. The number of urea groups is 1. The Labute approximate surface area is 177 Å². The Bertz CT molecular complexity index is 981. The van der Waals surface area contributed by atoms with Gasteiger partial charge in [-0.1, -0.05) is 18.2 Å². The Balaban J connectivity index is 1.37. The Kier molecular flexibility index (Phi) is 5.53. The van der Waals surface area contributed by atoms with E-state index in [0.29, 0.717) is 48.6 Å². The molecule has 2 heterocycles. The highest BCUT2D eigenvalue weighted by Crippen LogP contribution is 2.36. The molecule has 2 amide bonds. The van der Waals surface area contributed by atoms with Crippen molar-refractivity contribution in [3.8, 4) is 5.75 Å². The van der Waals surface area contributed by atoms with Crippen LogP contribution in [0.2, 0.25) is 0 Å². The van der Waals surface area contributed by atoms with Gasteiger partial charge in [0.1, 0.15) is 11.4 Å². The molecule has 0 atom stereocenters. The van der Waals surface area contributed by atoms with E-state index >= 15 is 0 Å². The minimum Gasteiger partial charge on any atom is -0.497 e. The number of anilines is 1. The molecule has 2 N–H and O–H groups in total. The first-order valence-corrected chi connectivity index (χ1v) is 9.82. The second-order valence-corrected chi connectivity index (χ2v) is 7.55. The Morgan fingerprint density at radius 1 is 1.16 bits per heavy atom. The highest BCUT2D eigenvalue weighted by molar-refractivity contribution is 5.89. The minimum atomic E-state index is -4.37. The zero-order valence-electron chi connectivity index (χ0n) is 16.8. The first-order valence-electron chi connectivity index (χ1n) is 9.82. The van der Waals surface area contributed by atoms with Crippen molar-refractivity contribution in [2.24, 2.45) is 0 Å². The van der Waals surface area contributed by atoms with Gasteiger partial charge in [-0.2, -0.15) is 13.2 Å². The zero-order valence-corrected chi connectivity index (χ0v) is 16.8. The van der Waals surface area contributed by atoms with Crippen molar-refractivity contribution in [2.75, 3.05) is 25.5 Å². The number of piperidine rings is 1. The number of nitrogens with one attached hydrogen (secondary N) is 2. The molecule has 164 valence electrons. The number of carbonyl (C=O) groups excluding carboxylic acids is 1. The summed E-state index contributed by atoms with van der Waals surface area (Å²) < 4.78 is 43.4. The van der Waals surface area contributed by atoms with Crippen LogP contribution in [0.25, 0.3) is 5.70 Å². The standard InChI is InChI=1S/C22H22F3N3O3/c1-30-18-4-2-3-17(13-18)26-20(29)28-11-9-21(10-12-28)14-19(27-31-21)15-5-7-16(8-6-15)22(23,24)25/h2-8,13-14,27H,9-12H2,1H3,(H,26,29). The molecule has 0 bridgehead atoms. The van der Waals surface area contributed by atoms with Gasteiger partial charge < -0.3 is 15.0 Å². The summed E-state index contributed by atoms with van der Waals surface area (Å²) in [4.78, 5) is 20.1. The van der Waals surface area contributed by atoms with Crippen molar-refractivity contribution in [2.45, 2.75) is 24.6 Å². The topological polar surface area (TPSA) is 62.8 Å². The molecule has 1 fully saturated rings. The van der Waals surface area contributed by atoms with E-state index in [-0.39, 0.29) is 6.03 Å². The number of halogens is 3. The summed E-state index contributed by atoms with van der Waals surface area (Å²) in [5.74, 6) is 0.654. The summed E-state index contributed by atoms with van der Waals surface area (Å²) in [6.45, 7) is 0.961. The molecule has 6 nitrogen and oxygen atoms in total. The van der Waals surface area contributed by atoms with Crippen LogP contribution in [0.1, 0.15) is 24.0 Å². The van der Waals surface area contributed by atoms with Gasteiger partial charge in [0.25, 0.3) is 0 Å². The maximum atomic E-state index is 12.8. The molecule has 0 saturated carbocycles. The van der Waals surface area contributed by atoms with E-state index in [0.717, 1.165) is 12.1 Å². The first kappa shape index (κ1) is 21.0. The number of benzene rings is 2. The van der Waals surface area contributed by atoms with Crippen LogP contribution in [0.5, 0.6) is 5.75 Å². The maximum Gasteiger partial charge on any atom is 0.416 e.